The number of carboxylic acids is 1. The number of rotatable bonds is 5. The van der Waals surface area contributed by atoms with E-state index >= 15 is 0 Å². The summed E-state index contributed by atoms with van der Waals surface area (Å²) in [6, 6.07) is 13.9. The van der Waals surface area contributed by atoms with Crippen LogP contribution in [0.25, 0.3) is 5.76 Å². The van der Waals surface area contributed by atoms with Crippen molar-refractivity contribution in [3.05, 3.63) is 71.3 Å². The first-order valence-corrected chi connectivity index (χ1v) is 8.13. The number of Topliss-reactive ketones (excluding diaryl/α,β-unsaturated/α-hetero) is 1. The number of likely N-dealkylation sites (tertiary alicyclic amines) is 1. The van der Waals surface area contributed by atoms with E-state index in [0.717, 1.165) is 4.90 Å². The van der Waals surface area contributed by atoms with Crippen LogP contribution in [0.1, 0.15) is 17.2 Å². The molecule has 0 saturated carbocycles. The van der Waals surface area contributed by atoms with Crippen molar-refractivity contribution in [2.45, 2.75) is 6.04 Å². The number of hydrogen-bond acceptors (Lipinski definition) is 5. The normalized spacial score (nSPS) is 18.6. The summed E-state index contributed by atoms with van der Waals surface area (Å²) >= 11 is 0. The Bertz CT molecular complexity index is 917. The van der Waals surface area contributed by atoms with Gasteiger partial charge in [-0.05, 0) is 29.8 Å². The fourth-order valence-electron chi connectivity index (χ4n) is 3.08. The van der Waals surface area contributed by atoms with Crippen molar-refractivity contribution in [2.24, 2.45) is 0 Å². The minimum absolute atomic E-state index is 0.141. The molecule has 3 rings (SSSR count). The lowest BCUT2D eigenvalue weighted by atomic mass is 9.95. The van der Waals surface area contributed by atoms with E-state index in [1.54, 1.807) is 54.6 Å². The van der Waals surface area contributed by atoms with E-state index in [2.05, 4.69) is 0 Å². The summed E-state index contributed by atoms with van der Waals surface area (Å²) in [5, 5.41) is 19.9. The number of ether oxygens (including phenoxy) is 1. The van der Waals surface area contributed by atoms with E-state index in [1.807, 2.05) is 0 Å². The van der Waals surface area contributed by atoms with Gasteiger partial charge in [-0.2, -0.15) is 0 Å². The van der Waals surface area contributed by atoms with Crippen molar-refractivity contribution in [1.29, 1.82) is 0 Å². The SMILES string of the molecule is COc1ccc(C(O)=C2C(=O)C(=O)N(CC(=O)O)C2c2ccccc2)cc1. The molecule has 1 heterocycles. The number of aliphatic hydroxyl groups excluding tert-OH is 1. The van der Waals surface area contributed by atoms with Crippen LogP contribution >= 0.6 is 0 Å². The molecule has 1 atom stereocenters. The zero-order valence-corrected chi connectivity index (χ0v) is 14.5. The molecule has 1 unspecified atom stereocenters. The fraction of sp³-hybridized carbons (Fsp3) is 0.150. The van der Waals surface area contributed by atoms with E-state index < -0.39 is 30.2 Å². The second-order valence-electron chi connectivity index (χ2n) is 5.96. The summed E-state index contributed by atoms with van der Waals surface area (Å²) in [7, 11) is 1.50. The number of carboxylic acid groups (broad SMARTS) is 1. The number of nitrogens with zero attached hydrogens (tertiary/aromatic N) is 1. The van der Waals surface area contributed by atoms with E-state index in [1.165, 1.54) is 7.11 Å². The summed E-state index contributed by atoms with van der Waals surface area (Å²) < 4.78 is 5.07. The molecule has 0 bridgehead atoms. The molecule has 0 aliphatic carbocycles. The van der Waals surface area contributed by atoms with Gasteiger partial charge in [0.2, 0.25) is 0 Å². The second-order valence-corrected chi connectivity index (χ2v) is 5.96. The molecule has 1 aliphatic rings. The van der Waals surface area contributed by atoms with Crippen LogP contribution in [0, 0.1) is 0 Å². The monoisotopic (exact) mass is 367 g/mol. The molecule has 27 heavy (non-hydrogen) atoms. The first-order chi connectivity index (χ1) is 12.9. The zero-order valence-electron chi connectivity index (χ0n) is 14.5. The summed E-state index contributed by atoms with van der Waals surface area (Å²) in [6.45, 7) is -0.649. The molecule has 138 valence electrons. The van der Waals surface area contributed by atoms with Gasteiger partial charge in [0.05, 0.1) is 18.7 Å². The Hall–Kier alpha value is -3.61. The molecule has 0 aromatic heterocycles. The predicted molar refractivity (Wildman–Crippen MR) is 96.1 cm³/mol. The van der Waals surface area contributed by atoms with Crippen molar-refractivity contribution >= 4 is 23.4 Å². The van der Waals surface area contributed by atoms with Crippen LogP contribution in [0.15, 0.2) is 60.2 Å². The third-order valence-corrected chi connectivity index (χ3v) is 4.32. The number of carbonyl (C=O) groups is 3. The highest BCUT2D eigenvalue weighted by Gasteiger charge is 2.46. The standard InChI is InChI=1S/C20H17NO6/c1-27-14-9-7-13(8-10-14)18(24)16-17(12-5-3-2-4-6-12)21(11-15(22)23)20(26)19(16)25/h2-10,17,24H,11H2,1H3,(H,22,23). The summed E-state index contributed by atoms with van der Waals surface area (Å²) in [6.07, 6.45) is 0. The highest BCUT2D eigenvalue weighted by molar-refractivity contribution is 6.46. The van der Waals surface area contributed by atoms with Gasteiger partial charge in [0.15, 0.2) is 0 Å². The van der Waals surface area contributed by atoms with E-state index in [-0.39, 0.29) is 11.3 Å². The van der Waals surface area contributed by atoms with Crippen LogP contribution < -0.4 is 4.74 Å². The third kappa shape index (κ3) is 3.39. The molecule has 0 radical (unpaired) electrons. The maximum Gasteiger partial charge on any atom is 0.323 e. The molecule has 1 amide bonds. The summed E-state index contributed by atoms with van der Waals surface area (Å²) in [4.78, 5) is 37.2. The Morgan fingerprint density at radius 2 is 1.67 bits per heavy atom. The Labute approximate surface area is 155 Å². The van der Waals surface area contributed by atoms with E-state index in [0.29, 0.717) is 16.9 Å². The highest BCUT2D eigenvalue weighted by Crippen LogP contribution is 2.39. The number of methoxy groups -OCH3 is 1. The molecule has 0 spiro atoms. The van der Waals surface area contributed by atoms with Gasteiger partial charge in [0, 0.05) is 5.56 Å². The van der Waals surface area contributed by atoms with Crippen LogP contribution in [-0.4, -0.2) is 46.4 Å². The first kappa shape index (κ1) is 18.2. The predicted octanol–water partition coefficient (Wildman–Crippen LogP) is 2.20. The van der Waals surface area contributed by atoms with Crippen LogP contribution in [0.3, 0.4) is 0 Å². The maximum atomic E-state index is 12.6. The molecular formula is C20H17NO6. The maximum absolute atomic E-state index is 12.6. The first-order valence-electron chi connectivity index (χ1n) is 8.13. The Kier molecular flexibility index (Phi) is 4.94. The number of hydrogen-bond donors (Lipinski definition) is 2. The molecular weight excluding hydrogens is 350 g/mol. The van der Waals surface area contributed by atoms with Gasteiger partial charge >= 0.3 is 5.97 Å². The van der Waals surface area contributed by atoms with Crippen molar-refractivity contribution in [3.8, 4) is 5.75 Å². The molecule has 2 aromatic rings. The van der Waals surface area contributed by atoms with E-state index in [4.69, 9.17) is 9.84 Å². The average Bonchev–Trinajstić information content (AvgIpc) is 2.92. The molecule has 1 saturated heterocycles. The summed E-state index contributed by atoms with van der Waals surface area (Å²) in [5.41, 5.74) is 0.718. The average molecular weight is 367 g/mol. The number of benzene rings is 2. The number of aliphatic carboxylic acids is 1. The zero-order chi connectivity index (χ0) is 19.6. The quantitative estimate of drug-likeness (QED) is 0.477. The van der Waals surface area contributed by atoms with Gasteiger partial charge < -0.3 is 19.8 Å². The lowest BCUT2D eigenvalue weighted by molar-refractivity contribution is -0.146. The van der Waals surface area contributed by atoms with Gasteiger partial charge in [0.1, 0.15) is 18.1 Å². The fourth-order valence-corrected chi connectivity index (χ4v) is 3.08. The van der Waals surface area contributed by atoms with Gasteiger partial charge in [0.25, 0.3) is 11.7 Å². The molecule has 7 nitrogen and oxygen atoms in total. The van der Waals surface area contributed by atoms with Crippen LogP contribution in [0.2, 0.25) is 0 Å². The van der Waals surface area contributed by atoms with Gasteiger partial charge in [-0.1, -0.05) is 30.3 Å². The lowest BCUT2D eigenvalue weighted by Gasteiger charge is -2.23. The van der Waals surface area contributed by atoms with Crippen LogP contribution in [0.4, 0.5) is 0 Å². The minimum Gasteiger partial charge on any atom is -0.507 e. The van der Waals surface area contributed by atoms with Crippen LogP contribution in [0.5, 0.6) is 5.75 Å². The summed E-state index contributed by atoms with van der Waals surface area (Å²) in [5.74, 6) is -2.92. The van der Waals surface area contributed by atoms with Crippen LogP contribution in [-0.2, 0) is 14.4 Å². The largest absolute Gasteiger partial charge is 0.507 e. The Balaban J connectivity index is 2.16. The third-order valence-electron chi connectivity index (χ3n) is 4.32. The molecule has 2 N–H and O–H groups in total. The van der Waals surface area contributed by atoms with Crippen molar-refractivity contribution < 1.29 is 29.3 Å². The van der Waals surface area contributed by atoms with Gasteiger partial charge in [-0.15, -0.1) is 0 Å². The smallest absolute Gasteiger partial charge is 0.323 e. The van der Waals surface area contributed by atoms with Crippen molar-refractivity contribution in [1.82, 2.24) is 4.90 Å². The topological polar surface area (TPSA) is 104 Å². The minimum atomic E-state index is -1.25. The molecule has 1 aliphatic heterocycles. The molecule has 2 aromatic carbocycles. The van der Waals surface area contributed by atoms with Crippen molar-refractivity contribution in [2.75, 3.05) is 13.7 Å². The van der Waals surface area contributed by atoms with Gasteiger partial charge in [-0.25, -0.2) is 0 Å². The number of aliphatic hydroxyl groups is 1. The lowest BCUT2D eigenvalue weighted by Crippen LogP contribution is -2.34. The van der Waals surface area contributed by atoms with E-state index in [9.17, 15) is 19.5 Å². The highest BCUT2D eigenvalue weighted by atomic mass is 16.5. The Morgan fingerprint density at radius 3 is 2.22 bits per heavy atom. The number of ketones is 1. The molecule has 1 fully saturated rings. The second kappa shape index (κ2) is 7.33. The Morgan fingerprint density at radius 1 is 1.04 bits per heavy atom. The number of carbonyl (C=O) groups excluding carboxylic acids is 2. The van der Waals surface area contributed by atoms with Gasteiger partial charge in [-0.3, -0.25) is 14.4 Å². The van der Waals surface area contributed by atoms with Crippen molar-refractivity contribution in [3.63, 3.8) is 0 Å². The molecule has 7 heteroatoms. The number of amides is 1.